The fourth-order valence-electron chi connectivity index (χ4n) is 1.39. The molecule has 1 aromatic carbocycles. The van der Waals surface area contributed by atoms with Gasteiger partial charge in [-0.1, -0.05) is 6.07 Å². The number of hydrogen-bond donors (Lipinski definition) is 1. The number of methoxy groups -OCH3 is 1. The summed E-state index contributed by atoms with van der Waals surface area (Å²) < 4.78 is 6.21. The summed E-state index contributed by atoms with van der Waals surface area (Å²) in [5.74, 6) is 0.889. The molecule has 0 aliphatic heterocycles. The fraction of sp³-hybridized carbons (Fsp3) is 0.500. The number of benzene rings is 1. The first-order valence-corrected chi connectivity index (χ1v) is 5.96. The topological polar surface area (TPSA) is 21.3 Å². The average molecular weight is 272 g/mol. The van der Waals surface area contributed by atoms with E-state index < -0.39 is 0 Å². The Morgan fingerprint density at radius 1 is 1.47 bits per heavy atom. The van der Waals surface area contributed by atoms with E-state index >= 15 is 0 Å². The van der Waals surface area contributed by atoms with E-state index in [0.29, 0.717) is 6.04 Å². The summed E-state index contributed by atoms with van der Waals surface area (Å²) >= 11 is 3.49. The largest absolute Gasteiger partial charge is 0.496 e. The lowest BCUT2D eigenvalue weighted by molar-refractivity contribution is 0.412. The Bertz CT molecular complexity index is 314. The molecule has 0 amide bonds. The lowest BCUT2D eigenvalue weighted by atomic mass is 10.1. The maximum absolute atomic E-state index is 5.19. The Kier molecular flexibility index (Phi) is 5.12. The van der Waals surface area contributed by atoms with E-state index in [0.717, 1.165) is 23.1 Å². The molecule has 1 unspecified atom stereocenters. The van der Waals surface area contributed by atoms with Crippen molar-refractivity contribution in [2.45, 2.75) is 25.8 Å². The molecule has 0 spiro atoms. The van der Waals surface area contributed by atoms with Gasteiger partial charge < -0.3 is 10.1 Å². The summed E-state index contributed by atoms with van der Waals surface area (Å²) in [6.45, 7) is 2.19. The number of halogens is 1. The lowest BCUT2D eigenvalue weighted by Crippen LogP contribution is -2.21. The lowest BCUT2D eigenvalue weighted by Gasteiger charge is -2.10. The molecule has 1 aromatic rings. The van der Waals surface area contributed by atoms with Gasteiger partial charge in [0, 0.05) is 6.04 Å². The average Bonchev–Trinajstić information content (AvgIpc) is 2.26. The van der Waals surface area contributed by atoms with Crippen LogP contribution in [0, 0.1) is 0 Å². The Labute approximate surface area is 100 Å². The van der Waals surface area contributed by atoms with Gasteiger partial charge in [0.2, 0.25) is 0 Å². The van der Waals surface area contributed by atoms with E-state index in [4.69, 9.17) is 4.74 Å². The van der Waals surface area contributed by atoms with Crippen molar-refractivity contribution in [2.24, 2.45) is 0 Å². The first-order valence-electron chi connectivity index (χ1n) is 5.17. The van der Waals surface area contributed by atoms with Gasteiger partial charge in [-0.15, -0.1) is 0 Å². The van der Waals surface area contributed by atoms with Crippen LogP contribution in [0.4, 0.5) is 0 Å². The van der Waals surface area contributed by atoms with Crippen LogP contribution in [0.25, 0.3) is 0 Å². The molecule has 0 heterocycles. The van der Waals surface area contributed by atoms with Crippen LogP contribution in [0.1, 0.15) is 18.9 Å². The third kappa shape index (κ3) is 3.84. The molecule has 0 aliphatic rings. The molecule has 1 atom stereocenters. The van der Waals surface area contributed by atoms with E-state index in [9.17, 15) is 0 Å². The highest BCUT2D eigenvalue weighted by atomic mass is 79.9. The quantitative estimate of drug-likeness (QED) is 0.889. The molecule has 84 valence electrons. The molecule has 0 aromatic heterocycles. The van der Waals surface area contributed by atoms with E-state index in [-0.39, 0.29) is 0 Å². The maximum atomic E-state index is 5.19. The van der Waals surface area contributed by atoms with Gasteiger partial charge >= 0.3 is 0 Å². The zero-order valence-corrected chi connectivity index (χ0v) is 11.1. The molecular formula is C12H18BrNO. The van der Waals surface area contributed by atoms with Crippen LogP contribution in [0.5, 0.6) is 5.75 Å². The van der Waals surface area contributed by atoms with Gasteiger partial charge in [-0.2, -0.15) is 0 Å². The van der Waals surface area contributed by atoms with Gasteiger partial charge in [0.05, 0.1) is 11.6 Å². The minimum absolute atomic E-state index is 0.561. The first kappa shape index (κ1) is 12.5. The highest BCUT2D eigenvalue weighted by molar-refractivity contribution is 9.10. The third-order valence-electron chi connectivity index (χ3n) is 2.58. The van der Waals surface area contributed by atoms with Crippen molar-refractivity contribution >= 4 is 15.9 Å². The van der Waals surface area contributed by atoms with Crippen molar-refractivity contribution in [1.29, 1.82) is 0 Å². The van der Waals surface area contributed by atoms with Crippen molar-refractivity contribution in [1.82, 2.24) is 5.32 Å². The van der Waals surface area contributed by atoms with Crippen LogP contribution < -0.4 is 10.1 Å². The SMILES string of the molecule is CNC(C)CCc1ccc(OC)c(Br)c1. The van der Waals surface area contributed by atoms with Crippen molar-refractivity contribution in [3.8, 4) is 5.75 Å². The van der Waals surface area contributed by atoms with Gasteiger partial charge in [-0.3, -0.25) is 0 Å². The van der Waals surface area contributed by atoms with Crippen molar-refractivity contribution < 1.29 is 4.74 Å². The molecule has 0 radical (unpaired) electrons. The van der Waals surface area contributed by atoms with Crippen LogP contribution in [0.3, 0.4) is 0 Å². The Morgan fingerprint density at radius 2 is 2.20 bits per heavy atom. The van der Waals surface area contributed by atoms with E-state index in [2.05, 4.69) is 40.3 Å². The van der Waals surface area contributed by atoms with Crippen LogP contribution in [0.2, 0.25) is 0 Å². The van der Waals surface area contributed by atoms with Gasteiger partial charge in [-0.25, -0.2) is 0 Å². The summed E-state index contributed by atoms with van der Waals surface area (Å²) in [4.78, 5) is 0. The highest BCUT2D eigenvalue weighted by Crippen LogP contribution is 2.26. The Hall–Kier alpha value is -0.540. The number of hydrogen-bond acceptors (Lipinski definition) is 2. The molecule has 1 rings (SSSR count). The van der Waals surface area contributed by atoms with Crippen LogP contribution >= 0.6 is 15.9 Å². The normalized spacial score (nSPS) is 12.5. The molecule has 0 aliphatic carbocycles. The van der Waals surface area contributed by atoms with Crippen LogP contribution in [0.15, 0.2) is 22.7 Å². The zero-order chi connectivity index (χ0) is 11.3. The summed E-state index contributed by atoms with van der Waals surface area (Å²) in [6, 6.07) is 6.81. The summed E-state index contributed by atoms with van der Waals surface area (Å²) in [6.07, 6.45) is 2.24. The second-order valence-electron chi connectivity index (χ2n) is 3.70. The molecule has 1 N–H and O–H groups in total. The van der Waals surface area contributed by atoms with Gasteiger partial charge in [-0.05, 0) is 60.4 Å². The number of aryl methyl sites for hydroxylation is 1. The maximum Gasteiger partial charge on any atom is 0.133 e. The zero-order valence-electron chi connectivity index (χ0n) is 9.51. The molecule has 2 nitrogen and oxygen atoms in total. The predicted molar refractivity (Wildman–Crippen MR) is 67.5 cm³/mol. The van der Waals surface area contributed by atoms with E-state index in [1.807, 2.05) is 13.1 Å². The minimum Gasteiger partial charge on any atom is -0.496 e. The molecule has 3 heteroatoms. The smallest absolute Gasteiger partial charge is 0.133 e. The van der Waals surface area contributed by atoms with E-state index in [1.165, 1.54) is 5.56 Å². The minimum atomic E-state index is 0.561. The second kappa shape index (κ2) is 6.13. The number of ether oxygens (including phenoxy) is 1. The molecule has 0 saturated carbocycles. The first-order chi connectivity index (χ1) is 7.17. The fourth-order valence-corrected chi connectivity index (χ4v) is 1.98. The summed E-state index contributed by atoms with van der Waals surface area (Å²) in [7, 11) is 3.68. The van der Waals surface area contributed by atoms with Gasteiger partial charge in [0.1, 0.15) is 5.75 Å². The highest BCUT2D eigenvalue weighted by Gasteiger charge is 2.03. The van der Waals surface area contributed by atoms with Crippen LogP contribution in [-0.2, 0) is 6.42 Å². The molecule has 15 heavy (non-hydrogen) atoms. The van der Waals surface area contributed by atoms with Crippen LogP contribution in [-0.4, -0.2) is 20.2 Å². The second-order valence-corrected chi connectivity index (χ2v) is 4.55. The molecule has 0 bridgehead atoms. The monoisotopic (exact) mass is 271 g/mol. The molecule has 0 saturated heterocycles. The van der Waals surface area contributed by atoms with E-state index in [1.54, 1.807) is 7.11 Å². The molecular weight excluding hydrogens is 254 g/mol. The predicted octanol–water partition coefficient (Wildman–Crippen LogP) is 3.00. The number of nitrogens with one attached hydrogen (secondary N) is 1. The number of rotatable bonds is 5. The third-order valence-corrected chi connectivity index (χ3v) is 3.19. The standard InChI is InChI=1S/C12H18BrNO/c1-9(14-2)4-5-10-6-7-12(15-3)11(13)8-10/h6-9,14H,4-5H2,1-3H3. The summed E-state index contributed by atoms with van der Waals surface area (Å²) in [5, 5.41) is 3.24. The molecule has 0 fully saturated rings. The van der Waals surface area contributed by atoms with Crippen molar-refractivity contribution in [3.63, 3.8) is 0 Å². The van der Waals surface area contributed by atoms with Gasteiger partial charge in [0.25, 0.3) is 0 Å². The Balaban J connectivity index is 2.59. The van der Waals surface area contributed by atoms with Gasteiger partial charge in [0.15, 0.2) is 0 Å². The Morgan fingerprint density at radius 3 is 2.73 bits per heavy atom. The summed E-state index contributed by atoms with van der Waals surface area (Å²) in [5.41, 5.74) is 1.34. The van der Waals surface area contributed by atoms with Crippen molar-refractivity contribution in [3.05, 3.63) is 28.2 Å². The van der Waals surface area contributed by atoms with Crippen molar-refractivity contribution in [2.75, 3.05) is 14.2 Å².